The highest BCUT2D eigenvalue weighted by Crippen LogP contribution is 2.21. The molecule has 1 fully saturated rings. The molecule has 1 heterocycles. The zero-order chi connectivity index (χ0) is 19.2. The SMILES string of the molecule is Cc1ccccc1NC(=O)COC(=O)[C@@H]1CC(=O)N(Cc2ccccc2)C1. The van der Waals surface area contributed by atoms with E-state index in [0.717, 1.165) is 11.1 Å². The molecule has 0 aliphatic carbocycles. The van der Waals surface area contributed by atoms with E-state index in [9.17, 15) is 14.4 Å². The van der Waals surface area contributed by atoms with E-state index in [0.29, 0.717) is 18.8 Å². The lowest BCUT2D eigenvalue weighted by Gasteiger charge is -2.16. The molecule has 1 atom stereocenters. The van der Waals surface area contributed by atoms with Crippen molar-refractivity contribution in [1.29, 1.82) is 0 Å². The van der Waals surface area contributed by atoms with Gasteiger partial charge < -0.3 is 15.0 Å². The van der Waals surface area contributed by atoms with E-state index >= 15 is 0 Å². The van der Waals surface area contributed by atoms with Gasteiger partial charge in [0.25, 0.3) is 5.91 Å². The summed E-state index contributed by atoms with van der Waals surface area (Å²) in [5, 5.41) is 2.71. The second kappa shape index (κ2) is 8.49. The Morgan fingerprint density at radius 2 is 1.81 bits per heavy atom. The van der Waals surface area contributed by atoms with Gasteiger partial charge in [-0.15, -0.1) is 0 Å². The van der Waals surface area contributed by atoms with Crippen LogP contribution >= 0.6 is 0 Å². The molecular formula is C21H22N2O4. The molecule has 0 bridgehead atoms. The summed E-state index contributed by atoms with van der Waals surface area (Å²) in [5.41, 5.74) is 2.62. The normalized spacial score (nSPS) is 16.3. The lowest BCUT2D eigenvalue weighted by atomic mass is 10.1. The van der Waals surface area contributed by atoms with Crippen LogP contribution in [-0.2, 0) is 25.7 Å². The van der Waals surface area contributed by atoms with Gasteiger partial charge in [-0.3, -0.25) is 14.4 Å². The van der Waals surface area contributed by atoms with E-state index in [1.54, 1.807) is 11.0 Å². The van der Waals surface area contributed by atoms with E-state index < -0.39 is 17.8 Å². The van der Waals surface area contributed by atoms with Gasteiger partial charge in [-0.05, 0) is 24.1 Å². The summed E-state index contributed by atoms with van der Waals surface area (Å²) < 4.78 is 5.12. The van der Waals surface area contributed by atoms with Crippen molar-refractivity contribution in [2.24, 2.45) is 5.92 Å². The van der Waals surface area contributed by atoms with Gasteiger partial charge in [-0.2, -0.15) is 0 Å². The number of nitrogens with zero attached hydrogens (tertiary/aromatic N) is 1. The fraction of sp³-hybridized carbons (Fsp3) is 0.286. The molecule has 2 amide bonds. The molecule has 2 aromatic carbocycles. The number of para-hydroxylation sites is 1. The minimum Gasteiger partial charge on any atom is -0.455 e. The Balaban J connectivity index is 1.48. The minimum absolute atomic E-state index is 0.0786. The third-order valence-electron chi connectivity index (χ3n) is 4.53. The Morgan fingerprint density at radius 3 is 2.56 bits per heavy atom. The van der Waals surface area contributed by atoms with Crippen LogP contribution in [0, 0.1) is 12.8 Å². The van der Waals surface area contributed by atoms with Crippen LogP contribution in [0.1, 0.15) is 17.5 Å². The summed E-state index contributed by atoms with van der Waals surface area (Å²) in [5.74, 6) is -1.53. The summed E-state index contributed by atoms with van der Waals surface area (Å²) in [6.45, 7) is 2.30. The molecule has 6 heteroatoms. The topological polar surface area (TPSA) is 75.7 Å². The number of aryl methyl sites for hydroxylation is 1. The number of anilines is 1. The van der Waals surface area contributed by atoms with E-state index in [1.165, 1.54) is 0 Å². The number of rotatable bonds is 6. The molecular weight excluding hydrogens is 344 g/mol. The minimum atomic E-state index is -0.535. The average molecular weight is 366 g/mol. The molecule has 140 valence electrons. The Morgan fingerprint density at radius 1 is 1.11 bits per heavy atom. The van der Waals surface area contributed by atoms with Gasteiger partial charge >= 0.3 is 5.97 Å². The van der Waals surface area contributed by atoms with Crippen LogP contribution < -0.4 is 5.32 Å². The third kappa shape index (κ3) is 4.94. The molecule has 27 heavy (non-hydrogen) atoms. The monoisotopic (exact) mass is 366 g/mol. The fourth-order valence-electron chi connectivity index (χ4n) is 3.04. The lowest BCUT2D eigenvalue weighted by Crippen LogP contribution is -2.28. The molecule has 3 rings (SSSR count). The van der Waals surface area contributed by atoms with E-state index in [4.69, 9.17) is 4.74 Å². The van der Waals surface area contributed by atoms with Gasteiger partial charge in [0.2, 0.25) is 5.91 Å². The van der Waals surface area contributed by atoms with Crippen molar-refractivity contribution in [3.8, 4) is 0 Å². The van der Waals surface area contributed by atoms with E-state index in [2.05, 4.69) is 5.32 Å². The molecule has 0 spiro atoms. The second-order valence-electron chi connectivity index (χ2n) is 6.63. The first kappa shape index (κ1) is 18.6. The van der Waals surface area contributed by atoms with Gasteiger partial charge in [0, 0.05) is 25.2 Å². The van der Waals surface area contributed by atoms with Crippen LogP contribution in [0.15, 0.2) is 54.6 Å². The first-order valence-electron chi connectivity index (χ1n) is 8.87. The van der Waals surface area contributed by atoms with Crippen molar-refractivity contribution < 1.29 is 19.1 Å². The quantitative estimate of drug-likeness (QED) is 0.797. The van der Waals surface area contributed by atoms with Crippen LogP contribution in [0.5, 0.6) is 0 Å². The zero-order valence-corrected chi connectivity index (χ0v) is 15.2. The van der Waals surface area contributed by atoms with Gasteiger partial charge in [0.15, 0.2) is 6.61 Å². The summed E-state index contributed by atoms with van der Waals surface area (Å²) >= 11 is 0. The van der Waals surface area contributed by atoms with Crippen molar-refractivity contribution >= 4 is 23.5 Å². The standard InChI is InChI=1S/C21H22N2O4/c1-15-7-5-6-10-18(15)22-19(24)14-27-21(26)17-11-20(25)23(13-17)12-16-8-3-2-4-9-16/h2-10,17H,11-14H2,1H3,(H,22,24)/t17-/m1/s1. The first-order chi connectivity index (χ1) is 13.0. The fourth-order valence-corrected chi connectivity index (χ4v) is 3.04. The number of hydrogen-bond acceptors (Lipinski definition) is 4. The number of carbonyl (C=O) groups is 3. The summed E-state index contributed by atoms with van der Waals surface area (Å²) in [4.78, 5) is 38.0. The maximum absolute atomic E-state index is 12.2. The molecule has 6 nitrogen and oxygen atoms in total. The molecule has 1 aliphatic rings. The predicted octanol–water partition coefficient (Wildman–Crippen LogP) is 2.53. The molecule has 0 unspecified atom stereocenters. The molecule has 0 aromatic heterocycles. The lowest BCUT2D eigenvalue weighted by molar-refractivity contribution is -0.151. The zero-order valence-electron chi connectivity index (χ0n) is 15.2. The molecule has 1 N–H and O–H groups in total. The highest BCUT2D eigenvalue weighted by Gasteiger charge is 2.35. The maximum atomic E-state index is 12.2. The van der Waals surface area contributed by atoms with Crippen LogP contribution in [0.25, 0.3) is 0 Å². The number of ether oxygens (including phenoxy) is 1. The second-order valence-corrected chi connectivity index (χ2v) is 6.63. The Labute approximate surface area is 158 Å². The van der Waals surface area contributed by atoms with Crippen molar-refractivity contribution in [3.05, 3.63) is 65.7 Å². The molecule has 1 saturated heterocycles. The van der Waals surface area contributed by atoms with Crippen molar-refractivity contribution in [3.63, 3.8) is 0 Å². The number of esters is 1. The van der Waals surface area contributed by atoms with E-state index in [1.807, 2.05) is 55.5 Å². The first-order valence-corrected chi connectivity index (χ1v) is 8.87. The largest absolute Gasteiger partial charge is 0.455 e. The summed E-state index contributed by atoms with van der Waals surface area (Å²) in [6.07, 6.45) is 0.116. The third-order valence-corrected chi connectivity index (χ3v) is 4.53. The molecule has 0 saturated carbocycles. The van der Waals surface area contributed by atoms with Crippen molar-refractivity contribution in [1.82, 2.24) is 4.90 Å². The van der Waals surface area contributed by atoms with Gasteiger partial charge in [0.1, 0.15) is 0 Å². The van der Waals surface area contributed by atoms with Gasteiger partial charge in [0.05, 0.1) is 5.92 Å². The maximum Gasteiger partial charge on any atom is 0.311 e. The van der Waals surface area contributed by atoms with Crippen molar-refractivity contribution in [2.75, 3.05) is 18.5 Å². The van der Waals surface area contributed by atoms with Crippen LogP contribution in [0.4, 0.5) is 5.69 Å². The van der Waals surface area contributed by atoms with Crippen LogP contribution in [-0.4, -0.2) is 35.8 Å². The predicted molar refractivity (Wildman–Crippen MR) is 101 cm³/mol. The van der Waals surface area contributed by atoms with Gasteiger partial charge in [-0.25, -0.2) is 0 Å². The average Bonchev–Trinajstić information content (AvgIpc) is 3.03. The summed E-state index contributed by atoms with van der Waals surface area (Å²) in [7, 11) is 0. The molecule has 2 aromatic rings. The Bertz CT molecular complexity index is 835. The Kier molecular flexibility index (Phi) is 5.86. The van der Waals surface area contributed by atoms with Crippen molar-refractivity contribution in [2.45, 2.75) is 19.9 Å². The number of amides is 2. The Hall–Kier alpha value is -3.15. The van der Waals surface area contributed by atoms with Gasteiger partial charge in [-0.1, -0.05) is 48.5 Å². The molecule has 1 aliphatic heterocycles. The number of carbonyl (C=O) groups excluding carboxylic acids is 3. The smallest absolute Gasteiger partial charge is 0.311 e. The summed E-state index contributed by atoms with van der Waals surface area (Å²) in [6, 6.07) is 17.0. The van der Waals surface area contributed by atoms with Crippen LogP contribution in [0.3, 0.4) is 0 Å². The number of benzene rings is 2. The number of likely N-dealkylation sites (tertiary alicyclic amines) is 1. The highest BCUT2D eigenvalue weighted by molar-refractivity contribution is 5.94. The van der Waals surface area contributed by atoms with Crippen LogP contribution in [0.2, 0.25) is 0 Å². The van der Waals surface area contributed by atoms with E-state index in [-0.39, 0.29) is 18.9 Å². The molecule has 0 radical (unpaired) electrons. The number of hydrogen-bond donors (Lipinski definition) is 1. The highest BCUT2D eigenvalue weighted by atomic mass is 16.5. The number of nitrogens with one attached hydrogen (secondary N) is 1.